The van der Waals surface area contributed by atoms with Gasteiger partial charge in [-0.05, 0) is 12.8 Å². The van der Waals surface area contributed by atoms with Gasteiger partial charge in [0.2, 0.25) is 0 Å². The van der Waals surface area contributed by atoms with E-state index in [1.54, 1.807) is 0 Å². The molecule has 0 aliphatic carbocycles. The van der Waals surface area contributed by atoms with Crippen molar-refractivity contribution in [3.05, 3.63) is 29.7 Å². The first-order valence-corrected chi connectivity index (χ1v) is 5.72. The molecule has 3 rings (SSSR count). The summed E-state index contributed by atoms with van der Waals surface area (Å²) in [5, 5.41) is 0.504. The Morgan fingerprint density at radius 2 is 2.44 bits per heavy atom. The van der Waals surface area contributed by atoms with Crippen LogP contribution in [0.1, 0.15) is 24.5 Å². The molecule has 16 heavy (non-hydrogen) atoms. The molecule has 3 heterocycles. The normalized spacial score (nSPS) is 26.7. The fourth-order valence-electron chi connectivity index (χ4n) is 2.41. The number of halogens is 1. The van der Waals surface area contributed by atoms with Crippen molar-refractivity contribution < 1.29 is 4.74 Å². The number of rotatable bonds is 2. The summed E-state index contributed by atoms with van der Waals surface area (Å²) in [7, 11) is 0. The van der Waals surface area contributed by atoms with E-state index in [2.05, 4.69) is 21.4 Å². The van der Waals surface area contributed by atoms with Crippen LogP contribution in [0.4, 0.5) is 5.82 Å². The molecule has 4 nitrogen and oxygen atoms in total. The predicted molar refractivity (Wildman–Crippen MR) is 61.4 cm³/mol. The smallest absolute Gasteiger partial charge is 0.141 e. The highest BCUT2D eigenvalue weighted by atomic mass is 35.5. The summed E-state index contributed by atoms with van der Waals surface area (Å²) in [4.78, 5) is 10.4. The van der Waals surface area contributed by atoms with Crippen molar-refractivity contribution in [2.75, 3.05) is 11.4 Å². The second-order valence-corrected chi connectivity index (χ2v) is 4.36. The van der Waals surface area contributed by atoms with Crippen molar-refractivity contribution in [1.82, 2.24) is 9.97 Å². The molecule has 1 aromatic rings. The summed E-state index contributed by atoms with van der Waals surface area (Å²) in [6.45, 7) is 4.48. The van der Waals surface area contributed by atoms with Crippen molar-refractivity contribution in [1.29, 1.82) is 0 Å². The van der Waals surface area contributed by atoms with Gasteiger partial charge < -0.3 is 9.64 Å². The lowest BCUT2D eigenvalue weighted by Gasteiger charge is -2.35. The van der Waals surface area contributed by atoms with Gasteiger partial charge in [0.15, 0.2) is 0 Å². The molecule has 0 spiro atoms. The van der Waals surface area contributed by atoms with Gasteiger partial charge in [0.05, 0.1) is 11.7 Å². The number of anilines is 1. The van der Waals surface area contributed by atoms with Gasteiger partial charge in [-0.2, -0.15) is 0 Å². The lowest BCUT2D eigenvalue weighted by atomic mass is 10.1. The van der Waals surface area contributed by atoms with Gasteiger partial charge in [0.25, 0.3) is 0 Å². The standard InChI is InChI=1S/C11H12ClN3O/c1-2-5-15-8-4-3-7(16-8)9-10(12)13-6-14-11(9)15/h2,6-8H,1,3-5H2. The Bertz CT molecular complexity index is 437. The van der Waals surface area contributed by atoms with E-state index < -0.39 is 0 Å². The fraction of sp³-hybridized carbons (Fsp3) is 0.455. The molecule has 2 bridgehead atoms. The molecule has 0 N–H and O–H groups in total. The summed E-state index contributed by atoms with van der Waals surface area (Å²) in [5.41, 5.74) is 0.930. The molecular formula is C11H12ClN3O. The van der Waals surface area contributed by atoms with Gasteiger partial charge in [-0.1, -0.05) is 17.7 Å². The average molecular weight is 238 g/mol. The van der Waals surface area contributed by atoms with Crippen LogP contribution >= 0.6 is 11.6 Å². The van der Waals surface area contributed by atoms with Gasteiger partial charge in [-0.25, -0.2) is 9.97 Å². The first-order chi connectivity index (χ1) is 7.81. The molecule has 0 amide bonds. The maximum atomic E-state index is 6.12. The van der Waals surface area contributed by atoms with Crippen molar-refractivity contribution in [2.45, 2.75) is 25.2 Å². The first-order valence-electron chi connectivity index (χ1n) is 5.34. The summed E-state index contributed by atoms with van der Waals surface area (Å²) in [6, 6.07) is 0. The van der Waals surface area contributed by atoms with Crippen LogP contribution in [0, 0.1) is 0 Å². The van der Waals surface area contributed by atoms with Crippen LogP contribution in [-0.4, -0.2) is 22.7 Å². The zero-order valence-electron chi connectivity index (χ0n) is 8.77. The van der Waals surface area contributed by atoms with Gasteiger partial charge in [0, 0.05) is 6.54 Å². The molecule has 2 aliphatic heterocycles. The minimum atomic E-state index is 0.0646. The van der Waals surface area contributed by atoms with Gasteiger partial charge in [-0.15, -0.1) is 6.58 Å². The van der Waals surface area contributed by atoms with Gasteiger partial charge >= 0.3 is 0 Å². The van der Waals surface area contributed by atoms with E-state index in [0.29, 0.717) is 5.15 Å². The molecule has 84 valence electrons. The Kier molecular flexibility index (Phi) is 2.33. The molecule has 0 radical (unpaired) electrons. The number of fused-ring (bicyclic) bond motifs is 4. The molecule has 1 fully saturated rings. The van der Waals surface area contributed by atoms with Crippen molar-refractivity contribution >= 4 is 17.4 Å². The monoisotopic (exact) mass is 237 g/mol. The van der Waals surface area contributed by atoms with Crippen LogP contribution in [0.25, 0.3) is 0 Å². The molecule has 2 unspecified atom stereocenters. The Morgan fingerprint density at radius 1 is 1.56 bits per heavy atom. The Hall–Kier alpha value is -1.13. The molecule has 2 atom stereocenters. The van der Waals surface area contributed by atoms with Crippen LogP contribution in [0.2, 0.25) is 5.15 Å². The van der Waals surface area contributed by atoms with Gasteiger partial charge in [0.1, 0.15) is 23.5 Å². The average Bonchev–Trinajstić information content (AvgIpc) is 2.69. The number of hydrogen-bond acceptors (Lipinski definition) is 4. The van der Waals surface area contributed by atoms with E-state index in [9.17, 15) is 0 Å². The largest absolute Gasteiger partial charge is 0.350 e. The molecule has 2 aliphatic rings. The third-order valence-electron chi connectivity index (χ3n) is 3.08. The second-order valence-electron chi connectivity index (χ2n) is 4.00. The number of nitrogens with zero attached hydrogens (tertiary/aromatic N) is 3. The Labute approximate surface area is 98.9 Å². The van der Waals surface area contributed by atoms with E-state index in [-0.39, 0.29) is 12.3 Å². The zero-order chi connectivity index (χ0) is 11.1. The zero-order valence-corrected chi connectivity index (χ0v) is 9.52. The Morgan fingerprint density at radius 3 is 3.25 bits per heavy atom. The number of ether oxygens (including phenoxy) is 1. The molecule has 1 aromatic heterocycles. The minimum absolute atomic E-state index is 0.0646. The Balaban J connectivity index is 2.12. The fourth-order valence-corrected chi connectivity index (χ4v) is 2.66. The summed E-state index contributed by atoms with van der Waals surface area (Å²) >= 11 is 6.12. The van der Waals surface area contributed by atoms with Crippen molar-refractivity contribution in [3.8, 4) is 0 Å². The number of aromatic nitrogens is 2. The summed E-state index contributed by atoms with van der Waals surface area (Å²) in [5.74, 6) is 0.902. The third-order valence-corrected chi connectivity index (χ3v) is 3.38. The molecule has 0 saturated carbocycles. The SMILES string of the molecule is C=CCN1c2ncnc(Cl)c2C2CCC1O2. The number of hydrogen-bond donors (Lipinski definition) is 0. The highest BCUT2D eigenvalue weighted by Crippen LogP contribution is 2.46. The maximum absolute atomic E-state index is 6.12. The molecule has 1 saturated heterocycles. The van der Waals surface area contributed by atoms with E-state index in [1.807, 2.05) is 6.08 Å². The van der Waals surface area contributed by atoms with E-state index >= 15 is 0 Å². The van der Waals surface area contributed by atoms with Crippen molar-refractivity contribution in [3.63, 3.8) is 0 Å². The molecular weight excluding hydrogens is 226 g/mol. The van der Waals surface area contributed by atoms with Crippen molar-refractivity contribution in [2.24, 2.45) is 0 Å². The lowest BCUT2D eigenvalue weighted by molar-refractivity contribution is 0.0325. The summed E-state index contributed by atoms with van der Waals surface area (Å²) in [6.07, 6.45) is 5.52. The predicted octanol–water partition coefficient (Wildman–Crippen LogP) is 2.31. The first kappa shape index (κ1) is 10.1. The van der Waals surface area contributed by atoms with Crippen LogP contribution in [0.3, 0.4) is 0 Å². The van der Waals surface area contributed by atoms with E-state index in [4.69, 9.17) is 16.3 Å². The minimum Gasteiger partial charge on any atom is -0.350 e. The van der Waals surface area contributed by atoms with Gasteiger partial charge in [-0.3, -0.25) is 0 Å². The van der Waals surface area contributed by atoms with Crippen LogP contribution < -0.4 is 4.90 Å². The van der Waals surface area contributed by atoms with Crippen LogP contribution in [0.15, 0.2) is 19.0 Å². The quantitative estimate of drug-likeness (QED) is 0.585. The molecule has 5 heteroatoms. The second kappa shape index (κ2) is 3.71. The lowest BCUT2D eigenvalue weighted by Crippen LogP contribution is -2.39. The maximum Gasteiger partial charge on any atom is 0.141 e. The van der Waals surface area contributed by atoms with Crippen LogP contribution in [0.5, 0.6) is 0 Å². The topological polar surface area (TPSA) is 38.2 Å². The highest BCUT2D eigenvalue weighted by Gasteiger charge is 2.40. The van der Waals surface area contributed by atoms with E-state index in [1.165, 1.54) is 6.33 Å². The highest BCUT2D eigenvalue weighted by molar-refractivity contribution is 6.30. The van der Waals surface area contributed by atoms with Crippen LogP contribution in [-0.2, 0) is 4.74 Å². The third kappa shape index (κ3) is 1.33. The van der Waals surface area contributed by atoms with E-state index in [0.717, 1.165) is 30.8 Å². The summed E-state index contributed by atoms with van der Waals surface area (Å²) < 4.78 is 5.88. The molecule has 0 aromatic carbocycles.